The number of aromatic nitrogens is 1. The van der Waals surface area contributed by atoms with Crippen LogP contribution in [0.15, 0.2) is 36.4 Å². The number of carboxylic acids is 1. The van der Waals surface area contributed by atoms with Gasteiger partial charge in [-0.05, 0) is 43.7 Å². The first-order chi connectivity index (χ1) is 12.2. The van der Waals surface area contributed by atoms with E-state index in [1.807, 2.05) is 0 Å². The summed E-state index contributed by atoms with van der Waals surface area (Å²) in [5, 5.41) is 19.8. The lowest BCUT2D eigenvalue weighted by Crippen LogP contribution is -2.15. The van der Waals surface area contributed by atoms with E-state index in [2.05, 4.69) is 0 Å². The molecule has 0 aliphatic heterocycles. The van der Waals surface area contributed by atoms with Gasteiger partial charge in [-0.2, -0.15) is 0 Å². The zero-order chi connectivity index (χ0) is 19.2. The molecule has 2 aromatic carbocycles. The van der Waals surface area contributed by atoms with Crippen molar-refractivity contribution in [3.8, 4) is 5.75 Å². The first-order valence-electron chi connectivity index (χ1n) is 7.79. The van der Waals surface area contributed by atoms with Gasteiger partial charge in [-0.3, -0.25) is 14.2 Å². The number of carbonyl (C=O) groups excluding carboxylic acids is 1. The average Bonchev–Trinajstić information content (AvgIpc) is 2.85. The summed E-state index contributed by atoms with van der Waals surface area (Å²) in [6.07, 6.45) is 0. The van der Waals surface area contributed by atoms with E-state index in [1.165, 1.54) is 17.6 Å². The number of halogens is 2. The Morgan fingerprint density at radius 1 is 1.23 bits per heavy atom. The standard InChI is InChI=1S/C19H15ClFNO4/c1-9(19(25)26)17-10(2)22(15-8-14(21)16(23)7-13(15)17)18(24)11-4-3-5-12(20)6-11/h3-9,23H,1-2H3,(H,25,26)/t9-/m1/s1. The van der Waals surface area contributed by atoms with Gasteiger partial charge in [0.15, 0.2) is 11.6 Å². The highest BCUT2D eigenvalue weighted by molar-refractivity contribution is 6.31. The van der Waals surface area contributed by atoms with Gasteiger partial charge in [-0.25, -0.2) is 4.39 Å². The number of carboxylic acid groups (broad SMARTS) is 1. The van der Waals surface area contributed by atoms with Crippen LogP contribution in [0.4, 0.5) is 4.39 Å². The second-order valence-corrected chi connectivity index (χ2v) is 6.47. The second-order valence-electron chi connectivity index (χ2n) is 6.03. The van der Waals surface area contributed by atoms with Crippen LogP contribution in [-0.2, 0) is 4.79 Å². The summed E-state index contributed by atoms with van der Waals surface area (Å²) >= 11 is 5.95. The number of carbonyl (C=O) groups is 2. The summed E-state index contributed by atoms with van der Waals surface area (Å²) in [4.78, 5) is 24.5. The number of hydrogen-bond acceptors (Lipinski definition) is 3. The van der Waals surface area contributed by atoms with Crippen molar-refractivity contribution in [3.63, 3.8) is 0 Å². The maximum atomic E-state index is 13.9. The summed E-state index contributed by atoms with van der Waals surface area (Å²) < 4.78 is 15.2. The summed E-state index contributed by atoms with van der Waals surface area (Å²) in [6, 6.07) is 8.45. The van der Waals surface area contributed by atoms with E-state index in [-0.39, 0.29) is 11.1 Å². The quantitative estimate of drug-likeness (QED) is 0.714. The molecule has 0 radical (unpaired) electrons. The molecule has 7 heteroatoms. The number of benzene rings is 2. The van der Waals surface area contributed by atoms with Crippen LogP contribution in [0.1, 0.15) is 34.5 Å². The molecular weight excluding hydrogens is 361 g/mol. The van der Waals surface area contributed by atoms with E-state index in [9.17, 15) is 24.2 Å². The molecule has 0 amide bonds. The van der Waals surface area contributed by atoms with Crippen molar-refractivity contribution >= 4 is 34.4 Å². The van der Waals surface area contributed by atoms with Gasteiger partial charge in [0.25, 0.3) is 5.91 Å². The highest BCUT2D eigenvalue weighted by Gasteiger charge is 2.27. The Bertz CT molecular complexity index is 1060. The minimum absolute atomic E-state index is 0.186. The number of aliphatic carboxylic acids is 1. The third-order valence-corrected chi connectivity index (χ3v) is 4.63. The Labute approximate surface area is 153 Å². The predicted molar refractivity (Wildman–Crippen MR) is 95.5 cm³/mol. The van der Waals surface area contributed by atoms with E-state index >= 15 is 0 Å². The molecule has 0 spiro atoms. The smallest absolute Gasteiger partial charge is 0.310 e. The molecule has 0 aliphatic carbocycles. The molecule has 1 heterocycles. The predicted octanol–water partition coefficient (Wildman–Crippen LogP) is 4.32. The van der Waals surface area contributed by atoms with Crippen molar-refractivity contribution in [2.75, 3.05) is 0 Å². The monoisotopic (exact) mass is 375 g/mol. The van der Waals surface area contributed by atoms with Gasteiger partial charge in [0.1, 0.15) is 0 Å². The van der Waals surface area contributed by atoms with Crippen LogP contribution < -0.4 is 0 Å². The molecule has 0 fully saturated rings. The van der Waals surface area contributed by atoms with E-state index in [4.69, 9.17) is 11.6 Å². The van der Waals surface area contributed by atoms with Gasteiger partial charge < -0.3 is 10.2 Å². The van der Waals surface area contributed by atoms with Crippen LogP contribution in [0.25, 0.3) is 10.9 Å². The van der Waals surface area contributed by atoms with Crippen molar-refractivity contribution in [2.24, 2.45) is 0 Å². The molecule has 0 unspecified atom stereocenters. The van der Waals surface area contributed by atoms with Crippen molar-refractivity contribution in [3.05, 3.63) is 64.1 Å². The van der Waals surface area contributed by atoms with Crippen molar-refractivity contribution < 1.29 is 24.2 Å². The van der Waals surface area contributed by atoms with Gasteiger partial charge >= 0.3 is 5.97 Å². The Hall–Kier alpha value is -2.86. The maximum Gasteiger partial charge on any atom is 0.310 e. The zero-order valence-corrected chi connectivity index (χ0v) is 14.7. The molecule has 134 valence electrons. The number of nitrogens with zero attached hydrogens (tertiary/aromatic N) is 1. The van der Waals surface area contributed by atoms with Crippen molar-refractivity contribution in [2.45, 2.75) is 19.8 Å². The zero-order valence-electron chi connectivity index (χ0n) is 14.0. The lowest BCUT2D eigenvalue weighted by Gasteiger charge is -2.09. The topological polar surface area (TPSA) is 79.5 Å². The molecule has 0 bridgehead atoms. The lowest BCUT2D eigenvalue weighted by molar-refractivity contribution is -0.138. The molecule has 2 N–H and O–H groups in total. The molecule has 0 saturated carbocycles. The van der Waals surface area contributed by atoms with Crippen molar-refractivity contribution in [1.29, 1.82) is 0 Å². The van der Waals surface area contributed by atoms with E-state index in [0.29, 0.717) is 21.7 Å². The van der Waals surface area contributed by atoms with Gasteiger partial charge in [0.2, 0.25) is 0 Å². The minimum atomic E-state index is -1.09. The second kappa shape index (κ2) is 6.46. The number of fused-ring (bicyclic) bond motifs is 1. The minimum Gasteiger partial charge on any atom is -0.505 e. The first kappa shape index (κ1) is 17.9. The molecule has 3 rings (SSSR count). The van der Waals surface area contributed by atoms with E-state index < -0.39 is 29.4 Å². The Kier molecular flexibility index (Phi) is 4.46. The molecular formula is C19H15ClFNO4. The fourth-order valence-corrected chi connectivity index (χ4v) is 3.32. The molecule has 0 aliphatic rings. The highest BCUT2D eigenvalue weighted by atomic mass is 35.5. The number of phenolic OH excluding ortho intramolecular Hbond substituents is 1. The van der Waals surface area contributed by atoms with E-state index in [1.54, 1.807) is 25.1 Å². The third kappa shape index (κ3) is 2.82. The molecule has 1 aromatic heterocycles. The third-order valence-electron chi connectivity index (χ3n) is 4.40. The summed E-state index contributed by atoms with van der Waals surface area (Å²) in [5.74, 6) is -4.01. The SMILES string of the molecule is Cc1c([C@@H](C)C(=O)O)c2cc(O)c(F)cc2n1C(=O)c1cccc(Cl)c1. The van der Waals surface area contributed by atoms with Gasteiger partial charge in [-0.15, -0.1) is 0 Å². The van der Waals surface area contributed by atoms with Crippen molar-refractivity contribution in [1.82, 2.24) is 4.57 Å². The van der Waals surface area contributed by atoms with Crippen LogP contribution in [-0.4, -0.2) is 26.7 Å². The van der Waals surface area contributed by atoms with Gasteiger partial charge in [-0.1, -0.05) is 17.7 Å². The summed E-state index contributed by atoms with van der Waals surface area (Å²) in [5.41, 5.74) is 1.18. The van der Waals surface area contributed by atoms with Crippen LogP contribution in [0.3, 0.4) is 0 Å². The highest BCUT2D eigenvalue weighted by Crippen LogP contribution is 2.36. The maximum absolute atomic E-state index is 13.9. The summed E-state index contributed by atoms with van der Waals surface area (Å²) in [7, 11) is 0. The largest absolute Gasteiger partial charge is 0.505 e. The molecule has 0 saturated heterocycles. The Morgan fingerprint density at radius 3 is 2.54 bits per heavy atom. The number of aromatic hydroxyl groups is 1. The molecule has 26 heavy (non-hydrogen) atoms. The van der Waals surface area contributed by atoms with Gasteiger partial charge in [0.05, 0.1) is 11.4 Å². The Morgan fingerprint density at radius 2 is 1.92 bits per heavy atom. The van der Waals surface area contributed by atoms with Gasteiger partial charge in [0, 0.05) is 27.7 Å². The number of hydrogen-bond donors (Lipinski definition) is 2. The normalized spacial score (nSPS) is 12.3. The van der Waals surface area contributed by atoms with E-state index in [0.717, 1.165) is 12.1 Å². The van der Waals surface area contributed by atoms with Crippen LogP contribution >= 0.6 is 11.6 Å². The fraction of sp³-hybridized carbons (Fsp3) is 0.158. The number of phenols is 1. The average molecular weight is 376 g/mol. The Balaban J connectivity index is 2.35. The number of rotatable bonds is 3. The lowest BCUT2D eigenvalue weighted by atomic mass is 9.98. The molecule has 3 aromatic rings. The van der Waals surface area contributed by atoms with Crippen LogP contribution in [0, 0.1) is 12.7 Å². The van der Waals surface area contributed by atoms with Crippen LogP contribution in [0.5, 0.6) is 5.75 Å². The first-order valence-corrected chi connectivity index (χ1v) is 8.16. The van der Waals surface area contributed by atoms with Crippen LogP contribution in [0.2, 0.25) is 5.02 Å². The summed E-state index contributed by atoms with van der Waals surface area (Å²) in [6.45, 7) is 3.06. The molecule has 1 atom stereocenters. The fourth-order valence-electron chi connectivity index (χ4n) is 3.13. The molecule has 5 nitrogen and oxygen atoms in total.